The van der Waals surface area contributed by atoms with Crippen LogP contribution in [0.1, 0.15) is 36.5 Å². The highest BCUT2D eigenvalue weighted by Gasteiger charge is 2.30. The van der Waals surface area contributed by atoms with Gasteiger partial charge in [-0.3, -0.25) is 4.79 Å². The fourth-order valence-corrected chi connectivity index (χ4v) is 1.73. The Kier molecular flexibility index (Phi) is 3.67. The van der Waals surface area contributed by atoms with Crippen LogP contribution in [0.25, 0.3) is 0 Å². The van der Waals surface area contributed by atoms with Gasteiger partial charge in [0.15, 0.2) is 17.3 Å². The van der Waals surface area contributed by atoms with Crippen LogP contribution in [0.4, 0.5) is 0 Å². The molecule has 3 nitrogen and oxygen atoms in total. The summed E-state index contributed by atoms with van der Waals surface area (Å²) in [7, 11) is 1.60. The normalized spacial score (nSPS) is 14.5. The average Bonchev–Trinajstić information content (AvgIpc) is 3.19. The predicted octanol–water partition coefficient (Wildman–Crippen LogP) is 3.08. The van der Waals surface area contributed by atoms with Gasteiger partial charge in [-0.25, -0.2) is 0 Å². The molecule has 1 fully saturated rings. The minimum absolute atomic E-state index is 0.227. The van der Waals surface area contributed by atoms with Crippen LogP contribution in [-0.2, 0) is 0 Å². The predicted molar refractivity (Wildman–Crippen MR) is 65.8 cm³/mol. The third kappa shape index (κ3) is 2.78. The van der Waals surface area contributed by atoms with Crippen LogP contribution < -0.4 is 9.47 Å². The van der Waals surface area contributed by atoms with E-state index in [-0.39, 0.29) is 11.7 Å². The molecule has 0 saturated heterocycles. The lowest BCUT2D eigenvalue weighted by molar-refractivity contribution is 0.0967. The van der Waals surface area contributed by atoms with Gasteiger partial charge in [0.2, 0.25) is 0 Å². The van der Waals surface area contributed by atoms with E-state index in [4.69, 9.17) is 9.47 Å². The Morgan fingerprint density at radius 2 is 2.12 bits per heavy atom. The number of Topliss-reactive ketones (excluding diaryl/α,β-unsaturated/α-hetero) is 1. The van der Waals surface area contributed by atoms with Gasteiger partial charge in [0.1, 0.15) is 0 Å². The van der Waals surface area contributed by atoms with Crippen molar-refractivity contribution in [1.29, 1.82) is 0 Å². The van der Waals surface area contributed by atoms with E-state index >= 15 is 0 Å². The Labute approximate surface area is 102 Å². The van der Waals surface area contributed by atoms with Crippen LogP contribution >= 0.6 is 0 Å². The van der Waals surface area contributed by atoms with Gasteiger partial charge in [0.25, 0.3) is 0 Å². The molecule has 0 unspecified atom stereocenters. The summed E-state index contributed by atoms with van der Waals surface area (Å²) in [6.45, 7) is 2.71. The van der Waals surface area contributed by atoms with Crippen molar-refractivity contribution >= 4 is 5.78 Å². The number of ether oxygens (including phenoxy) is 2. The lowest BCUT2D eigenvalue weighted by atomic mass is 10.1. The van der Waals surface area contributed by atoms with Crippen molar-refractivity contribution < 1.29 is 14.3 Å². The van der Waals surface area contributed by atoms with Gasteiger partial charge in [-0.15, -0.1) is 0 Å². The molecule has 0 amide bonds. The number of methoxy groups -OCH3 is 1. The second-order valence-corrected chi connectivity index (χ2v) is 4.35. The molecule has 0 atom stereocenters. The number of carbonyl (C=O) groups excluding carboxylic acids is 1. The van der Waals surface area contributed by atoms with Crippen LogP contribution in [0.3, 0.4) is 0 Å². The van der Waals surface area contributed by atoms with E-state index in [1.807, 2.05) is 12.1 Å². The summed E-state index contributed by atoms with van der Waals surface area (Å²) >= 11 is 0. The Bertz CT molecular complexity index is 408. The zero-order valence-corrected chi connectivity index (χ0v) is 10.4. The second-order valence-electron chi connectivity index (χ2n) is 4.35. The van der Waals surface area contributed by atoms with E-state index in [2.05, 4.69) is 6.92 Å². The van der Waals surface area contributed by atoms with Crippen LogP contribution in [0.2, 0.25) is 0 Å². The molecule has 17 heavy (non-hydrogen) atoms. The highest BCUT2D eigenvalue weighted by molar-refractivity contribution is 5.99. The van der Waals surface area contributed by atoms with Crippen molar-refractivity contribution in [2.45, 2.75) is 26.2 Å². The second kappa shape index (κ2) is 5.21. The maximum Gasteiger partial charge on any atom is 0.166 e. The molecule has 0 N–H and O–H groups in total. The Hall–Kier alpha value is -1.51. The minimum atomic E-state index is 0.227. The summed E-state index contributed by atoms with van der Waals surface area (Å²) in [4.78, 5) is 11.9. The fraction of sp³-hybridized carbons (Fsp3) is 0.500. The Morgan fingerprint density at radius 1 is 1.35 bits per heavy atom. The van der Waals surface area contributed by atoms with Crippen molar-refractivity contribution in [2.24, 2.45) is 5.92 Å². The zero-order chi connectivity index (χ0) is 12.3. The van der Waals surface area contributed by atoms with Crippen LogP contribution in [0, 0.1) is 5.92 Å². The molecule has 1 aliphatic rings. The first-order chi connectivity index (χ1) is 8.26. The molecule has 0 bridgehead atoms. The molecule has 0 spiro atoms. The number of rotatable bonds is 6. The average molecular weight is 234 g/mol. The highest BCUT2D eigenvalue weighted by atomic mass is 16.5. The van der Waals surface area contributed by atoms with Crippen molar-refractivity contribution in [3.8, 4) is 11.5 Å². The summed E-state index contributed by atoms with van der Waals surface area (Å²) in [6, 6.07) is 5.43. The van der Waals surface area contributed by atoms with Gasteiger partial charge < -0.3 is 9.47 Å². The van der Waals surface area contributed by atoms with Crippen LogP contribution in [-0.4, -0.2) is 19.5 Å². The molecule has 1 aliphatic carbocycles. The zero-order valence-electron chi connectivity index (χ0n) is 10.4. The first-order valence-corrected chi connectivity index (χ1v) is 6.11. The maximum atomic E-state index is 11.9. The van der Waals surface area contributed by atoms with E-state index < -0.39 is 0 Å². The number of benzene rings is 1. The smallest absolute Gasteiger partial charge is 0.166 e. The van der Waals surface area contributed by atoms with Crippen molar-refractivity contribution in [3.63, 3.8) is 0 Å². The minimum Gasteiger partial charge on any atom is -0.493 e. The maximum absolute atomic E-state index is 11.9. The first kappa shape index (κ1) is 12.0. The standard InChI is InChI=1S/C14H18O3/c1-3-8-17-12-7-6-11(9-13(12)16-2)14(15)10-4-5-10/h6-7,9-10H,3-5,8H2,1-2H3. The van der Waals surface area contributed by atoms with Gasteiger partial charge in [-0.1, -0.05) is 6.92 Å². The molecular weight excluding hydrogens is 216 g/mol. The number of hydrogen-bond acceptors (Lipinski definition) is 3. The summed E-state index contributed by atoms with van der Waals surface area (Å²) in [5.74, 6) is 1.82. The Balaban J connectivity index is 2.17. The van der Waals surface area contributed by atoms with Gasteiger partial charge in [-0.05, 0) is 37.5 Å². The van der Waals surface area contributed by atoms with Crippen LogP contribution in [0.15, 0.2) is 18.2 Å². The molecular formula is C14H18O3. The summed E-state index contributed by atoms with van der Waals surface area (Å²) in [5, 5.41) is 0. The molecule has 92 valence electrons. The summed E-state index contributed by atoms with van der Waals surface area (Å²) in [6.07, 6.45) is 3.00. The molecule has 0 heterocycles. The van der Waals surface area contributed by atoms with Gasteiger partial charge in [0.05, 0.1) is 13.7 Å². The number of hydrogen-bond donors (Lipinski definition) is 0. The van der Waals surface area contributed by atoms with Gasteiger partial charge >= 0.3 is 0 Å². The van der Waals surface area contributed by atoms with Crippen molar-refractivity contribution in [2.75, 3.05) is 13.7 Å². The lowest BCUT2D eigenvalue weighted by Gasteiger charge is -2.11. The summed E-state index contributed by atoms with van der Waals surface area (Å²) < 4.78 is 10.8. The van der Waals surface area contributed by atoms with E-state index in [0.717, 1.165) is 24.8 Å². The van der Waals surface area contributed by atoms with Crippen molar-refractivity contribution in [3.05, 3.63) is 23.8 Å². The van der Waals surface area contributed by atoms with Gasteiger partial charge in [0, 0.05) is 11.5 Å². The van der Waals surface area contributed by atoms with E-state index in [0.29, 0.717) is 18.1 Å². The van der Waals surface area contributed by atoms with E-state index in [1.54, 1.807) is 13.2 Å². The molecule has 0 radical (unpaired) electrons. The molecule has 1 aromatic carbocycles. The fourth-order valence-electron chi connectivity index (χ4n) is 1.73. The third-order valence-corrected chi connectivity index (χ3v) is 2.86. The quantitative estimate of drug-likeness (QED) is 0.709. The molecule has 1 saturated carbocycles. The third-order valence-electron chi connectivity index (χ3n) is 2.86. The lowest BCUT2D eigenvalue weighted by Crippen LogP contribution is -2.03. The number of carbonyl (C=O) groups is 1. The molecule has 0 aromatic heterocycles. The molecule has 1 aromatic rings. The SMILES string of the molecule is CCCOc1ccc(C(=O)C2CC2)cc1OC. The largest absolute Gasteiger partial charge is 0.493 e. The van der Waals surface area contributed by atoms with E-state index in [1.165, 1.54) is 0 Å². The highest BCUT2D eigenvalue weighted by Crippen LogP contribution is 2.35. The molecule has 3 heteroatoms. The monoisotopic (exact) mass is 234 g/mol. The Morgan fingerprint density at radius 3 is 2.71 bits per heavy atom. The molecule has 2 rings (SSSR count). The van der Waals surface area contributed by atoms with Crippen LogP contribution in [0.5, 0.6) is 11.5 Å². The number of ketones is 1. The van der Waals surface area contributed by atoms with Crippen molar-refractivity contribution in [1.82, 2.24) is 0 Å². The molecule has 0 aliphatic heterocycles. The van der Waals surface area contributed by atoms with Gasteiger partial charge in [-0.2, -0.15) is 0 Å². The summed E-state index contributed by atoms with van der Waals surface area (Å²) in [5.41, 5.74) is 0.730. The first-order valence-electron chi connectivity index (χ1n) is 6.11. The topological polar surface area (TPSA) is 35.5 Å². The van der Waals surface area contributed by atoms with E-state index in [9.17, 15) is 4.79 Å².